The molecule has 0 saturated heterocycles. The fraction of sp³-hybridized carbons (Fsp3) is 0.500. The SMILES string of the molecule is CCc1ccccc1NCC(C)(C)CC(=O)O. The molecule has 0 atom stereocenters. The second-order valence-corrected chi connectivity index (χ2v) is 5.10. The van der Waals surface area contributed by atoms with Gasteiger partial charge in [0.1, 0.15) is 0 Å². The summed E-state index contributed by atoms with van der Waals surface area (Å²) in [5.74, 6) is -0.749. The summed E-state index contributed by atoms with van der Waals surface area (Å²) in [6, 6.07) is 8.14. The van der Waals surface area contributed by atoms with Crippen molar-refractivity contribution in [1.29, 1.82) is 0 Å². The number of para-hydroxylation sites is 1. The van der Waals surface area contributed by atoms with Crippen LogP contribution in [0.2, 0.25) is 0 Å². The first-order valence-corrected chi connectivity index (χ1v) is 5.98. The van der Waals surface area contributed by atoms with E-state index < -0.39 is 5.97 Å². The fourth-order valence-corrected chi connectivity index (χ4v) is 1.81. The molecule has 0 aliphatic rings. The number of carbonyl (C=O) groups is 1. The van der Waals surface area contributed by atoms with Gasteiger partial charge in [-0.2, -0.15) is 0 Å². The molecule has 0 spiro atoms. The maximum atomic E-state index is 10.7. The van der Waals surface area contributed by atoms with Crippen molar-refractivity contribution < 1.29 is 9.90 Å². The molecule has 94 valence electrons. The van der Waals surface area contributed by atoms with E-state index >= 15 is 0 Å². The van der Waals surface area contributed by atoms with Crippen molar-refractivity contribution in [3.8, 4) is 0 Å². The second kappa shape index (κ2) is 5.71. The largest absolute Gasteiger partial charge is 0.481 e. The Balaban J connectivity index is 2.63. The molecule has 0 heterocycles. The molecule has 0 amide bonds. The van der Waals surface area contributed by atoms with Crippen LogP contribution < -0.4 is 5.32 Å². The maximum absolute atomic E-state index is 10.7. The predicted molar refractivity (Wildman–Crippen MR) is 70.3 cm³/mol. The lowest BCUT2D eigenvalue weighted by Crippen LogP contribution is -2.26. The Bertz CT molecular complexity index is 386. The molecule has 0 bridgehead atoms. The molecule has 1 rings (SSSR count). The summed E-state index contributed by atoms with van der Waals surface area (Å²) >= 11 is 0. The van der Waals surface area contributed by atoms with Gasteiger partial charge in [-0.1, -0.05) is 39.0 Å². The number of aryl methyl sites for hydroxylation is 1. The first-order valence-electron chi connectivity index (χ1n) is 5.98. The van der Waals surface area contributed by atoms with Crippen molar-refractivity contribution in [2.24, 2.45) is 5.41 Å². The molecule has 1 aromatic rings. The van der Waals surface area contributed by atoms with E-state index in [9.17, 15) is 4.79 Å². The summed E-state index contributed by atoms with van der Waals surface area (Å²) in [6.45, 7) is 6.70. The van der Waals surface area contributed by atoms with E-state index in [0.717, 1.165) is 12.1 Å². The number of carboxylic acid groups (broad SMARTS) is 1. The highest BCUT2D eigenvalue weighted by Gasteiger charge is 2.21. The van der Waals surface area contributed by atoms with Crippen LogP contribution in [-0.4, -0.2) is 17.6 Å². The van der Waals surface area contributed by atoms with Crippen LogP contribution in [0.25, 0.3) is 0 Å². The van der Waals surface area contributed by atoms with E-state index in [1.54, 1.807) is 0 Å². The molecule has 3 nitrogen and oxygen atoms in total. The molecule has 3 heteroatoms. The molecule has 0 aromatic heterocycles. The Morgan fingerprint density at radius 3 is 2.59 bits per heavy atom. The molecule has 2 N–H and O–H groups in total. The van der Waals surface area contributed by atoms with Crippen molar-refractivity contribution in [2.75, 3.05) is 11.9 Å². The van der Waals surface area contributed by atoms with Gasteiger partial charge in [0.05, 0.1) is 6.42 Å². The van der Waals surface area contributed by atoms with Crippen LogP contribution in [0.3, 0.4) is 0 Å². The quantitative estimate of drug-likeness (QED) is 0.796. The lowest BCUT2D eigenvalue weighted by Gasteiger charge is -2.24. The van der Waals surface area contributed by atoms with Gasteiger partial charge in [-0.3, -0.25) is 4.79 Å². The number of nitrogens with one attached hydrogen (secondary N) is 1. The Labute approximate surface area is 103 Å². The van der Waals surface area contributed by atoms with Crippen molar-refractivity contribution >= 4 is 11.7 Å². The lowest BCUT2D eigenvalue weighted by atomic mass is 9.89. The van der Waals surface area contributed by atoms with Crippen LogP contribution >= 0.6 is 0 Å². The highest BCUT2D eigenvalue weighted by Crippen LogP contribution is 2.23. The van der Waals surface area contributed by atoms with Gasteiger partial charge in [-0.25, -0.2) is 0 Å². The van der Waals surface area contributed by atoms with E-state index in [-0.39, 0.29) is 11.8 Å². The van der Waals surface area contributed by atoms with Gasteiger partial charge in [-0.15, -0.1) is 0 Å². The smallest absolute Gasteiger partial charge is 0.303 e. The predicted octanol–water partition coefficient (Wildman–Crippen LogP) is 3.16. The minimum atomic E-state index is -0.749. The van der Waals surface area contributed by atoms with Gasteiger partial charge in [-0.05, 0) is 23.5 Å². The van der Waals surface area contributed by atoms with E-state index in [1.807, 2.05) is 32.0 Å². The van der Waals surface area contributed by atoms with Crippen LogP contribution in [0.1, 0.15) is 32.8 Å². The summed E-state index contributed by atoms with van der Waals surface area (Å²) in [7, 11) is 0. The van der Waals surface area contributed by atoms with E-state index in [1.165, 1.54) is 5.56 Å². The molecule has 0 fully saturated rings. The molecule has 0 aliphatic heterocycles. The third-order valence-corrected chi connectivity index (χ3v) is 2.79. The van der Waals surface area contributed by atoms with Crippen LogP contribution in [0.15, 0.2) is 24.3 Å². The van der Waals surface area contributed by atoms with Crippen molar-refractivity contribution in [3.05, 3.63) is 29.8 Å². The van der Waals surface area contributed by atoms with Crippen molar-refractivity contribution in [3.63, 3.8) is 0 Å². The average Bonchev–Trinajstić information content (AvgIpc) is 2.25. The molecule has 0 saturated carbocycles. The Hall–Kier alpha value is -1.51. The van der Waals surface area contributed by atoms with Crippen LogP contribution in [0, 0.1) is 5.41 Å². The summed E-state index contributed by atoms with van der Waals surface area (Å²) in [4.78, 5) is 10.7. The van der Waals surface area contributed by atoms with E-state index in [4.69, 9.17) is 5.11 Å². The summed E-state index contributed by atoms with van der Waals surface area (Å²) in [6.07, 6.45) is 1.15. The number of anilines is 1. The number of hydrogen-bond donors (Lipinski definition) is 2. The Morgan fingerprint density at radius 1 is 1.35 bits per heavy atom. The van der Waals surface area contributed by atoms with Crippen molar-refractivity contribution in [1.82, 2.24) is 0 Å². The standard InChI is InChI=1S/C14H21NO2/c1-4-11-7-5-6-8-12(11)15-10-14(2,3)9-13(16)17/h5-8,15H,4,9-10H2,1-3H3,(H,16,17). The highest BCUT2D eigenvalue weighted by molar-refractivity contribution is 5.67. The molecular weight excluding hydrogens is 214 g/mol. The monoisotopic (exact) mass is 235 g/mol. The number of hydrogen-bond acceptors (Lipinski definition) is 2. The molecule has 0 radical (unpaired) electrons. The number of carboxylic acids is 1. The van der Waals surface area contributed by atoms with Gasteiger partial charge in [0, 0.05) is 12.2 Å². The van der Waals surface area contributed by atoms with Gasteiger partial charge >= 0.3 is 5.97 Å². The lowest BCUT2D eigenvalue weighted by molar-refractivity contribution is -0.139. The fourth-order valence-electron chi connectivity index (χ4n) is 1.81. The number of aliphatic carboxylic acids is 1. The van der Waals surface area contributed by atoms with Gasteiger partial charge in [0.15, 0.2) is 0 Å². The van der Waals surface area contributed by atoms with Crippen molar-refractivity contribution in [2.45, 2.75) is 33.6 Å². The first-order chi connectivity index (χ1) is 7.94. The summed E-state index contributed by atoms with van der Waals surface area (Å²) in [5.41, 5.74) is 2.12. The van der Waals surface area contributed by atoms with E-state index in [0.29, 0.717) is 6.54 Å². The molecular formula is C14H21NO2. The van der Waals surface area contributed by atoms with Crippen LogP contribution in [0.4, 0.5) is 5.69 Å². The Morgan fingerprint density at radius 2 is 2.00 bits per heavy atom. The molecule has 0 aliphatic carbocycles. The molecule has 1 aromatic carbocycles. The molecule has 17 heavy (non-hydrogen) atoms. The van der Waals surface area contributed by atoms with Crippen LogP contribution in [0.5, 0.6) is 0 Å². The van der Waals surface area contributed by atoms with Gasteiger partial charge < -0.3 is 10.4 Å². The Kier molecular flexibility index (Phi) is 4.55. The second-order valence-electron chi connectivity index (χ2n) is 5.10. The van der Waals surface area contributed by atoms with Crippen LogP contribution in [-0.2, 0) is 11.2 Å². The zero-order valence-corrected chi connectivity index (χ0v) is 10.8. The van der Waals surface area contributed by atoms with Gasteiger partial charge in [0.25, 0.3) is 0 Å². The minimum Gasteiger partial charge on any atom is -0.481 e. The highest BCUT2D eigenvalue weighted by atomic mass is 16.4. The normalized spacial score (nSPS) is 11.2. The summed E-state index contributed by atoms with van der Waals surface area (Å²) < 4.78 is 0. The first kappa shape index (κ1) is 13.6. The zero-order valence-electron chi connectivity index (χ0n) is 10.8. The third kappa shape index (κ3) is 4.47. The topological polar surface area (TPSA) is 49.3 Å². The zero-order chi connectivity index (χ0) is 12.9. The van der Waals surface area contributed by atoms with Gasteiger partial charge in [0.2, 0.25) is 0 Å². The number of rotatable bonds is 6. The van der Waals surface area contributed by atoms with E-state index in [2.05, 4.69) is 18.3 Å². The maximum Gasteiger partial charge on any atom is 0.303 e. The third-order valence-electron chi connectivity index (χ3n) is 2.79. The average molecular weight is 235 g/mol. The minimum absolute atomic E-state index is 0.175. The number of benzene rings is 1. The molecule has 0 unspecified atom stereocenters. The summed E-state index contributed by atoms with van der Waals surface area (Å²) in [5, 5.41) is 12.2.